The smallest absolute Gasteiger partial charge is 0.255 e. The van der Waals surface area contributed by atoms with Crippen LogP contribution in [0.3, 0.4) is 0 Å². The van der Waals surface area contributed by atoms with E-state index in [0.29, 0.717) is 29.4 Å². The predicted octanol–water partition coefficient (Wildman–Crippen LogP) is 4.99. The van der Waals surface area contributed by atoms with E-state index >= 15 is 0 Å². The highest BCUT2D eigenvalue weighted by Gasteiger charge is 2.38. The van der Waals surface area contributed by atoms with Gasteiger partial charge in [-0.1, -0.05) is 35.9 Å². The normalized spacial score (nSPS) is 15.2. The van der Waals surface area contributed by atoms with Crippen LogP contribution in [0, 0.1) is 5.82 Å². The summed E-state index contributed by atoms with van der Waals surface area (Å²) >= 11 is 6.42. The average molecular weight is 424 g/mol. The molecule has 2 aromatic carbocycles. The molecule has 1 atom stereocenters. The van der Waals surface area contributed by atoms with Crippen molar-refractivity contribution in [1.29, 1.82) is 0 Å². The van der Waals surface area contributed by atoms with Crippen molar-refractivity contribution >= 4 is 29.2 Å². The quantitative estimate of drug-likeness (QED) is 0.607. The van der Waals surface area contributed by atoms with Gasteiger partial charge in [0.1, 0.15) is 11.6 Å². The summed E-state index contributed by atoms with van der Waals surface area (Å²) in [5, 5.41) is 3.26. The van der Waals surface area contributed by atoms with Gasteiger partial charge in [-0.3, -0.25) is 9.59 Å². The van der Waals surface area contributed by atoms with E-state index in [1.807, 2.05) is 0 Å². The topological polar surface area (TPSA) is 62.3 Å². The van der Waals surface area contributed by atoms with Crippen molar-refractivity contribution in [2.75, 3.05) is 5.32 Å². The highest BCUT2D eigenvalue weighted by molar-refractivity contribution is 6.32. The first-order chi connectivity index (χ1) is 14.5. The molecule has 0 radical (unpaired) electrons. The van der Waals surface area contributed by atoms with E-state index in [1.54, 1.807) is 59.6 Å². The van der Waals surface area contributed by atoms with Gasteiger partial charge in [-0.25, -0.2) is 9.37 Å². The molecule has 5 nitrogen and oxygen atoms in total. The maximum Gasteiger partial charge on any atom is 0.255 e. The summed E-state index contributed by atoms with van der Waals surface area (Å²) in [4.78, 5) is 31.3. The van der Waals surface area contributed by atoms with E-state index in [1.165, 1.54) is 12.1 Å². The standard InChI is InChI=1S/C23H19ClFN3O2/c24-18-5-3-4-17-22(18)19(11-12-21(29)27-20-6-1-2-13-26-20)28(23(17)30)14-15-7-9-16(25)10-8-15/h1-10,13,19H,11-12,14H2,(H,26,27,29). The van der Waals surface area contributed by atoms with E-state index < -0.39 is 0 Å². The number of nitrogens with zero attached hydrogens (tertiary/aromatic N) is 2. The molecule has 2 amide bonds. The number of carbonyl (C=O) groups is 2. The van der Waals surface area contributed by atoms with Crippen LogP contribution < -0.4 is 5.32 Å². The van der Waals surface area contributed by atoms with Crippen LogP contribution in [-0.4, -0.2) is 21.7 Å². The SMILES string of the molecule is O=C(CCC1c2c(Cl)cccc2C(=O)N1Cc1ccc(F)cc1)Nc1ccccn1. The Balaban J connectivity index is 1.54. The van der Waals surface area contributed by atoms with Crippen molar-refractivity contribution in [1.82, 2.24) is 9.88 Å². The van der Waals surface area contributed by atoms with E-state index in [-0.39, 0.29) is 30.1 Å². The molecule has 1 aromatic heterocycles. The first-order valence-corrected chi connectivity index (χ1v) is 9.95. The van der Waals surface area contributed by atoms with E-state index in [2.05, 4.69) is 10.3 Å². The van der Waals surface area contributed by atoms with Gasteiger partial charge in [0.05, 0.1) is 6.04 Å². The molecule has 0 spiro atoms. The number of hydrogen-bond acceptors (Lipinski definition) is 3. The summed E-state index contributed by atoms with van der Waals surface area (Å²) in [7, 11) is 0. The molecule has 0 saturated heterocycles. The van der Waals surface area contributed by atoms with Crippen LogP contribution in [0.5, 0.6) is 0 Å². The van der Waals surface area contributed by atoms with Crippen LogP contribution in [0.25, 0.3) is 0 Å². The fraction of sp³-hybridized carbons (Fsp3) is 0.174. The van der Waals surface area contributed by atoms with E-state index in [0.717, 1.165) is 11.1 Å². The molecule has 1 unspecified atom stereocenters. The van der Waals surface area contributed by atoms with Gasteiger partial charge >= 0.3 is 0 Å². The maximum absolute atomic E-state index is 13.3. The van der Waals surface area contributed by atoms with Crippen LogP contribution >= 0.6 is 11.6 Å². The Morgan fingerprint density at radius 3 is 2.63 bits per heavy atom. The van der Waals surface area contributed by atoms with Crippen molar-refractivity contribution in [3.8, 4) is 0 Å². The third-order valence-corrected chi connectivity index (χ3v) is 5.43. The molecule has 1 N–H and O–H groups in total. The number of nitrogens with one attached hydrogen (secondary N) is 1. The van der Waals surface area contributed by atoms with Crippen LogP contribution in [0.2, 0.25) is 5.02 Å². The van der Waals surface area contributed by atoms with Gasteiger partial charge in [-0.15, -0.1) is 0 Å². The van der Waals surface area contributed by atoms with Crippen LogP contribution in [0.4, 0.5) is 10.2 Å². The Bertz CT molecular complexity index is 1070. The molecule has 1 aliphatic heterocycles. The minimum absolute atomic E-state index is 0.146. The molecule has 3 aromatic rings. The van der Waals surface area contributed by atoms with Crippen molar-refractivity contribution < 1.29 is 14.0 Å². The molecule has 4 rings (SSSR count). The summed E-state index contributed by atoms with van der Waals surface area (Å²) in [5.74, 6) is -0.192. The van der Waals surface area contributed by atoms with Crippen molar-refractivity contribution in [3.05, 3.63) is 94.4 Å². The monoisotopic (exact) mass is 423 g/mol. The Hall–Kier alpha value is -3.25. The second kappa shape index (κ2) is 8.63. The van der Waals surface area contributed by atoms with Crippen LogP contribution in [-0.2, 0) is 11.3 Å². The minimum atomic E-state index is -0.347. The number of rotatable bonds is 6. The number of fused-ring (bicyclic) bond motifs is 1. The lowest BCUT2D eigenvalue weighted by molar-refractivity contribution is -0.116. The summed E-state index contributed by atoms with van der Waals surface area (Å²) in [6.45, 7) is 0.302. The fourth-order valence-electron chi connectivity index (χ4n) is 3.69. The lowest BCUT2D eigenvalue weighted by atomic mass is 10.00. The number of halogens is 2. The van der Waals surface area contributed by atoms with E-state index in [9.17, 15) is 14.0 Å². The van der Waals surface area contributed by atoms with Gasteiger partial charge in [-0.05, 0) is 48.4 Å². The Kier molecular flexibility index (Phi) is 5.77. The summed E-state index contributed by atoms with van der Waals surface area (Å²) < 4.78 is 13.3. The molecule has 2 heterocycles. The Labute approximate surface area is 178 Å². The lowest BCUT2D eigenvalue weighted by Crippen LogP contribution is -2.28. The third kappa shape index (κ3) is 4.19. The van der Waals surface area contributed by atoms with Gasteiger partial charge in [0.25, 0.3) is 5.91 Å². The number of pyridine rings is 1. The molecule has 0 saturated carbocycles. The van der Waals surface area contributed by atoms with Crippen molar-refractivity contribution in [2.24, 2.45) is 0 Å². The molecular weight excluding hydrogens is 405 g/mol. The zero-order valence-corrected chi connectivity index (χ0v) is 16.8. The number of anilines is 1. The summed E-state index contributed by atoms with van der Waals surface area (Å²) in [5.41, 5.74) is 2.08. The minimum Gasteiger partial charge on any atom is -0.327 e. The Morgan fingerprint density at radius 1 is 1.10 bits per heavy atom. The number of amides is 2. The average Bonchev–Trinajstić information content (AvgIpc) is 3.01. The number of carbonyl (C=O) groups excluding carboxylic acids is 2. The molecule has 7 heteroatoms. The highest BCUT2D eigenvalue weighted by atomic mass is 35.5. The zero-order valence-electron chi connectivity index (χ0n) is 16.0. The lowest BCUT2D eigenvalue weighted by Gasteiger charge is -2.26. The second-order valence-electron chi connectivity index (χ2n) is 7.08. The highest BCUT2D eigenvalue weighted by Crippen LogP contribution is 2.41. The van der Waals surface area contributed by atoms with Gasteiger partial charge in [0, 0.05) is 35.3 Å². The zero-order chi connectivity index (χ0) is 21.1. The van der Waals surface area contributed by atoms with Gasteiger partial charge in [0.2, 0.25) is 5.91 Å². The largest absolute Gasteiger partial charge is 0.327 e. The summed E-state index contributed by atoms with van der Waals surface area (Å²) in [6.07, 6.45) is 2.20. The third-order valence-electron chi connectivity index (χ3n) is 5.10. The second-order valence-corrected chi connectivity index (χ2v) is 7.49. The Morgan fingerprint density at radius 2 is 1.90 bits per heavy atom. The number of aromatic nitrogens is 1. The molecule has 0 aliphatic carbocycles. The van der Waals surface area contributed by atoms with Crippen molar-refractivity contribution in [3.63, 3.8) is 0 Å². The van der Waals surface area contributed by atoms with Crippen molar-refractivity contribution in [2.45, 2.75) is 25.4 Å². The molecule has 0 fully saturated rings. The first-order valence-electron chi connectivity index (χ1n) is 9.57. The molecule has 1 aliphatic rings. The summed E-state index contributed by atoms with van der Waals surface area (Å²) in [6, 6.07) is 16.2. The molecule has 152 valence electrons. The molecule has 30 heavy (non-hydrogen) atoms. The predicted molar refractivity (Wildman–Crippen MR) is 113 cm³/mol. The number of hydrogen-bond donors (Lipinski definition) is 1. The maximum atomic E-state index is 13.3. The van der Waals surface area contributed by atoms with E-state index in [4.69, 9.17) is 11.6 Å². The van der Waals surface area contributed by atoms with Crippen LogP contribution in [0.1, 0.15) is 40.4 Å². The van der Waals surface area contributed by atoms with Gasteiger partial charge in [0.15, 0.2) is 0 Å². The molecule has 0 bridgehead atoms. The first kappa shape index (κ1) is 20.0. The molecular formula is C23H19ClFN3O2. The fourth-order valence-corrected chi connectivity index (χ4v) is 3.99. The number of benzene rings is 2. The van der Waals surface area contributed by atoms with Crippen LogP contribution in [0.15, 0.2) is 66.9 Å². The van der Waals surface area contributed by atoms with Gasteiger partial charge in [-0.2, -0.15) is 0 Å². The van der Waals surface area contributed by atoms with Gasteiger partial charge < -0.3 is 10.2 Å².